The van der Waals surface area contributed by atoms with Crippen LogP contribution < -0.4 is 16.0 Å². The normalized spacial score (nSPS) is 15.9. The Hall–Kier alpha value is -3.66. The van der Waals surface area contributed by atoms with Crippen molar-refractivity contribution >= 4 is 41.1 Å². The highest BCUT2D eigenvalue weighted by atomic mass is 35.5. The summed E-state index contributed by atoms with van der Waals surface area (Å²) in [6.45, 7) is 5.33. The number of nitrogens with one attached hydrogen (secondary N) is 3. The molecule has 3 rings (SSSR count). The number of methoxy groups -OCH3 is 1. The number of ether oxygens (including phenoxy) is 2. The summed E-state index contributed by atoms with van der Waals surface area (Å²) in [4.78, 5) is 36.7. The molecule has 0 spiro atoms. The molecule has 1 aromatic carbocycles. The summed E-state index contributed by atoms with van der Waals surface area (Å²) in [6, 6.07) is 6.11. The van der Waals surface area contributed by atoms with E-state index in [1.165, 1.54) is 7.11 Å². The molecule has 0 fully saturated rings. The van der Waals surface area contributed by atoms with Gasteiger partial charge in [-0.15, -0.1) is 10.2 Å². The first-order valence-corrected chi connectivity index (χ1v) is 11.4. The van der Waals surface area contributed by atoms with Crippen molar-refractivity contribution in [3.05, 3.63) is 47.1 Å². The Bertz CT molecular complexity index is 1150. The fourth-order valence-corrected chi connectivity index (χ4v) is 3.60. The molecule has 186 valence electrons. The van der Waals surface area contributed by atoms with Gasteiger partial charge in [0.25, 0.3) is 0 Å². The SMILES string of the molecule is COC(=O)Nc1ccc2c(c1)NC(=O)CCC=CCC(NC(=O)OC(C)(C)C)c1cc-2nnc1Cl. The maximum atomic E-state index is 12.6. The van der Waals surface area contributed by atoms with E-state index >= 15 is 0 Å². The molecule has 2 aromatic rings. The number of fused-ring (bicyclic) bond motifs is 4. The van der Waals surface area contributed by atoms with Crippen LogP contribution in [0.25, 0.3) is 11.3 Å². The van der Waals surface area contributed by atoms with E-state index in [0.29, 0.717) is 41.0 Å². The highest BCUT2D eigenvalue weighted by Crippen LogP contribution is 2.33. The fraction of sp³-hybridized carbons (Fsp3) is 0.375. The third-order valence-corrected chi connectivity index (χ3v) is 5.21. The number of alkyl carbamates (subject to hydrolysis) is 1. The van der Waals surface area contributed by atoms with E-state index in [1.807, 2.05) is 12.2 Å². The average Bonchev–Trinajstić information content (AvgIpc) is 2.77. The summed E-state index contributed by atoms with van der Waals surface area (Å²) in [5.74, 6) is -0.212. The van der Waals surface area contributed by atoms with Gasteiger partial charge < -0.3 is 20.1 Å². The van der Waals surface area contributed by atoms with E-state index in [9.17, 15) is 14.4 Å². The number of nitrogens with zero attached hydrogens (tertiary/aromatic N) is 2. The van der Waals surface area contributed by atoms with Crippen LogP contribution in [-0.4, -0.2) is 41.0 Å². The van der Waals surface area contributed by atoms with Gasteiger partial charge in [0.1, 0.15) is 5.60 Å². The molecule has 0 saturated carbocycles. The van der Waals surface area contributed by atoms with Crippen molar-refractivity contribution in [1.29, 1.82) is 0 Å². The molecule has 35 heavy (non-hydrogen) atoms. The molecule has 0 aliphatic carbocycles. The predicted molar refractivity (Wildman–Crippen MR) is 132 cm³/mol. The zero-order valence-corrected chi connectivity index (χ0v) is 20.7. The van der Waals surface area contributed by atoms with Crippen molar-refractivity contribution in [2.45, 2.75) is 51.7 Å². The Labute approximate surface area is 208 Å². The van der Waals surface area contributed by atoms with E-state index in [1.54, 1.807) is 45.0 Å². The van der Waals surface area contributed by atoms with E-state index in [0.717, 1.165) is 0 Å². The molecule has 1 atom stereocenters. The topological polar surface area (TPSA) is 132 Å². The number of halogens is 1. The maximum Gasteiger partial charge on any atom is 0.411 e. The second-order valence-corrected chi connectivity index (χ2v) is 9.20. The fourth-order valence-electron chi connectivity index (χ4n) is 3.38. The smallest absolute Gasteiger partial charge is 0.411 e. The number of amides is 3. The van der Waals surface area contributed by atoms with Crippen molar-refractivity contribution in [3.8, 4) is 11.3 Å². The van der Waals surface area contributed by atoms with Gasteiger partial charge in [-0.3, -0.25) is 10.1 Å². The van der Waals surface area contributed by atoms with Crippen LogP contribution in [0.5, 0.6) is 0 Å². The quantitative estimate of drug-likeness (QED) is 0.480. The zero-order chi connectivity index (χ0) is 25.6. The number of anilines is 2. The van der Waals surface area contributed by atoms with Crippen molar-refractivity contribution in [2.75, 3.05) is 17.7 Å². The van der Waals surface area contributed by atoms with Gasteiger partial charge >= 0.3 is 12.2 Å². The highest BCUT2D eigenvalue weighted by molar-refractivity contribution is 6.30. The van der Waals surface area contributed by atoms with Gasteiger partial charge in [-0.1, -0.05) is 23.8 Å². The van der Waals surface area contributed by atoms with Crippen LogP contribution in [0.4, 0.5) is 21.0 Å². The van der Waals surface area contributed by atoms with Crippen LogP contribution in [0.15, 0.2) is 36.4 Å². The van der Waals surface area contributed by atoms with Crippen molar-refractivity contribution < 1.29 is 23.9 Å². The number of hydrogen-bond donors (Lipinski definition) is 3. The molecular weight excluding hydrogens is 474 g/mol. The number of carbonyl (C=O) groups excluding carboxylic acids is 3. The van der Waals surface area contributed by atoms with Gasteiger partial charge in [-0.25, -0.2) is 9.59 Å². The van der Waals surface area contributed by atoms with Gasteiger partial charge in [-0.05, 0) is 57.9 Å². The molecule has 2 bridgehead atoms. The number of rotatable bonds is 2. The zero-order valence-electron chi connectivity index (χ0n) is 20.0. The number of hydrogen-bond acceptors (Lipinski definition) is 7. The van der Waals surface area contributed by atoms with Gasteiger partial charge in [-0.2, -0.15) is 0 Å². The predicted octanol–water partition coefficient (Wildman–Crippen LogP) is 5.22. The first kappa shape index (κ1) is 26.0. The summed E-state index contributed by atoms with van der Waals surface area (Å²) >= 11 is 6.39. The van der Waals surface area contributed by atoms with Crippen LogP contribution >= 0.6 is 11.6 Å². The minimum atomic E-state index is -0.671. The van der Waals surface area contributed by atoms with Crippen molar-refractivity contribution in [2.24, 2.45) is 0 Å². The van der Waals surface area contributed by atoms with Gasteiger partial charge in [0.15, 0.2) is 5.15 Å². The van der Waals surface area contributed by atoms with Crippen LogP contribution in [0.2, 0.25) is 5.15 Å². The molecule has 3 amide bonds. The lowest BCUT2D eigenvalue weighted by molar-refractivity contribution is -0.116. The van der Waals surface area contributed by atoms with E-state index in [-0.39, 0.29) is 17.5 Å². The lowest BCUT2D eigenvalue weighted by atomic mass is 10.0. The molecule has 2 heterocycles. The first-order chi connectivity index (χ1) is 16.6. The minimum absolute atomic E-state index is 0.132. The molecule has 10 nitrogen and oxygen atoms in total. The van der Waals surface area contributed by atoms with Gasteiger partial charge in [0, 0.05) is 23.2 Å². The van der Waals surface area contributed by atoms with Crippen LogP contribution in [-0.2, 0) is 14.3 Å². The largest absolute Gasteiger partial charge is 0.453 e. The summed E-state index contributed by atoms with van der Waals surface area (Å²) in [5, 5.41) is 16.7. The summed E-state index contributed by atoms with van der Waals surface area (Å²) in [6.07, 6.45) is 3.62. The Morgan fingerprint density at radius 1 is 1.14 bits per heavy atom. The molecule has 1 aliphatic rings. The third-order valence-electron chi connectivity index (χ3n) is 4.92. The first-order valence-electron chi connectivity index (χ1n) is 11.0. The number of carbonyl (C=O) groups is 3. The van der Waals surface area contributed by atoms with E-state index in [2.05, 4.69) is 30.9 Å². The second-order valence-electron chi connectivity index (χ2n) is 8.85. The van der Waals surface area contributed by atoms with Crippen LogP contribution in [0.3, 0.4) is 0 Å². The summed E-state index contributed by atoms with van der Waals surface area (Å²) < 4.78 is 10.1. The van der Waals surface area contributed by atoms with Crippen molar-refractivity contribution in [3.63, 3.8) is 0 Å². The second kappa shape index (κ2) is 11.2. The van der Waals surface area contributed by atoms with Gasteiger partial charge in [0.2, 0.25) is 5.91 Å². The van der Waals surface area contributed by atoms with Gasteiger partial charge in [0.05, 0.1) is 24.5 Å². The number of allylic oxidation sites excluding steroid dienone is 1. The standard InChI is InChI=1S/C24H28ClN5O5/c1-24(2,3)35-23(33)28-17-8-6-5-7-9-20(31)27-18-12-14(26-22(32)34-4)10-11-15(18)19-13-16(17)21(25)30-29-19/h5-6,10-13,17H,7-9H2,1-4H3,(H,26,32)(H,27,31)(H,28,33). The molecular formula is C24H28ClN5O5. The lowest BCUT2D eigenvalue weighted by Gasteiger charge is -2.24. The average molecular weight is 502 g/mol. The molecule has 0 radical (unpaired) electrons. The van der Waals surface area contributed by atoms with E-state index in [4.69, 9.17) is 16.3 Å². The highest BCUT2D eigenvalue weighted by Gasteiger charge is 2.24. The third kappa shape index (κ3) is 7.41. The Balaban J connectivity index is 2.06. The molecule has 1 aromatic heterocycles. The molecule has 3 N–H and O–H groups in total. The molecule has 1 unspecified atom stereocenters. The lowest BCUT2D eigenvalue weighted by Crippen LogP contribution is -2.35. The Morgan fingerprint density at radius 2 is 1.91 bits per heavy atom. The Kier molecular flexibility index (Phi) is 8.29. The molecule has 11 heteroatoms. The minimum Gasteiger partial charge on any atom is -0.453 e. The summed E-state index contributed by atoms with van der Waals surface area (Å²) in [5.41, 5.74) is 1.69. The van der Waals surface area contributed by atoms with Crippen molar-refractivity contribution in [1.82, 2.24) is 15.5 Å². The van der Waals surface area contributed by atoms with Crippen LogP contribution in [0, 0.1) is 0 Å². The number of aromatic nitrogens is 2. The molecule has 1 aliphatic heterocycles. The number of benzene rings is 1. The molecule has 0 saturated heterocycles. The Morgan fingerprint density at radius 3 is 2.63 bits per heavy atom. The summed E-state index contributed by atoms with van der Waals surface area (Å²) in [7, 11) is 1.26. The van der Waals surface area contributed by atoms with Crippen LogP contribution in [0.1, 0.15) is 51.6 Å². The maximum absolute atomic E-state index is 12.6. The van der Waals surface area contributed by atoms with E-state index < -0.39 is 23.8 Å². The monoisotopic (exact) mass is 501 g/mol.